The topological polar surface area (TPSA) is 158 Å². The standard InChI is InChI=1S/C14H26O10/c1-5-6(3-15)22-14(10(19)8(5)17)24-12-7(4-16)23-13(21-2)11(20)9(12)18/h5-20H,3-4H2,1-2H3/t5-,6?,7+,8+,9?,10?,11?,12-,13-,14+/m1/s1. The Morgan fingerprint density at radius 3 is 1.88 bits per heavy atom. The maximum Gasteiger partial charge on any atom is 0.187 e. The highest BCUT2D eigenvalue weighted by molar-refractivity contribution is 4.93. The van der Waals surface area contributed by atoms with Crippen LogP contribution in [0.1, 0.15) is 6.92 Å². The molecule has 2 saturated heterocycles. The van der Waals surface area contributed by atoms with Crippen molar-refractivity contribution in [1.29, 1.82) is 0 Å². The summed E-state index contributed by atoms with van der Waals surface area (Å²) in [6.07, 6.45) is -11.2. The number of rotatable bonds is 5. The maximum atomic E-state index is 10.2. The summed E-state index contributed by atoms with van der Waals surface area (Å²) in [6.45, 7) is 0.666. The van der Waals surface area contributed by atoms with Crippen molar-refractivity contribution in [2.45, 2.75) is 62.2 Å². The van der Waals surface area contributed by atoms with E-state index in [9.17, 15) is 30.6 Å². The number of aliphatic hydroxyl groups excluding tert-OH is 6. The summed E-state index contributed by atoms with van der Waals surface area (Å²) in [6, 6.07) is 0. The SMILES string of the molecule is CO[C@@H]1O[C@@H](CO)[C@@H](O[C@@H]2OC(CO)[C@@H](C)[C@H](O)C2O)C(O)C1O. The van der Waals surface area contributed by atoms with Gasteiger partial charge in [0.1, 0.15) is 30.5 Å². The van der Waals surface area contributed by atoms with E-state index < -0.39 is 74.4 Å². The fraction of sp³-hybridized carbons (Fsp3) is 1.00. The van der Waals surface area contributed by atoms with Crippen molar-refractivity contribution in [3.63, 3.8) is 0 Å². The molecular weight excluding hydrogens is 328 g/mol. The molecule has 2 heterocycles. The van der Waals surface area contributed by atoms with Crippen molar-refractivity contribution in [1.82, 2.24) is 0 Å². The van der Waals surface area contributed by atoms with Crippen LogP contribution in [-0.4, -0.2) is 106 Å². The van der Waals surface area contributed by atoms with E-state index in [2.05, 4.69) is 0 Å². The van der Waals surface area contributed by atoms with Gasteiger partial charge in [-0.2, -0.15) is 0 Å². The van der Waals surface area contributed by atoms with Crippen LogP contribution in [-0.2, 0) is 18.9 Å². The molecule has 10 atom stereocenters. The first-order chi connectivity index (χ1) is 11.3. The Labute approximate surface area is 139 Å². The van der Waals surface area contributed by atoms with Crippen molar-refractivity contribution in [2.75, 3.05) is 20.3 Å². The van der Waals surface area contributed by atoms with Crippen LogP contribution in [0.15, 0.2) is 0 Å². The molecule has 0 radical (unpaired) electrons. The van der Waals surface area contributed by atoms with E-state index >= 15 is 0 Å². The first-order valence-electron chi connectivity index (χ1n) is 7.78. The predicted octanol–water partition coefficient (Wildman–Crippen LogP) is -3.47. The van der Waals surface area contributed by atoms with Crippen LogP contribution >= 0.6 is 0 Å². The molecule has 2 fully saturated rings. The van der Waals surface area contributed by atoms with Gasteiger partial charge in [-0.1, -0.05) is 6.92 Å². The Bertz CT molecular complexity index is 392. The van der Waals surface area contributed by atoms with Gasteiger partial charge in [-0.05, 0) is 0 Å². The van der Waals surface area contributed by atoms with Crippen LogP contribution < -0.4 is 0 Å². The van der Waals surface area contributed by atoms with Gasteiger partial charge in [-0.25, -0.2) is 0 Å². The molecule has 0 spiro atoms. The summed E-state index contributed by atoms with van der Waals surface area (Å²) in [7, 11) is 1.27. The molecule has 142 valence electrons. The molecular formula is C14H26O10. The third-order valence-electron chi connectivity index (χ3n) is 4.59. The lowest BCUT2D eigenvalue weighted by Gasteiger charge is -2.46. The third-order valence-corrected chi connectivity index (χ3v) is 4.59. The van der Waals surface area contributed by atoms with Crippen LogP contribution in [0.25, 0.3) is 0 Å². The second kappa shape index (κ2) is 8.32. The summed E-state index contributed by atoms with van der Waals surface area (Å²) in [5.74, 6) is -0.533. The summed E-state index contributed by atoms with van der Waals surface area (Å²) < 4.78 is 21.1. The summed E-state index contributed by atoms with van der Waals surface area (Å²) in [5, 5.41) is 59.0. The van der Waals surface area contributed by atoms with Gasteiger partial charge in [0.05, 0.1) is 25.4 Å². The molecule has 0 bridgehead atoms. The van der Waals surface area contributed by atoms with Gasteiger partial charge in [-0.3, -0.25) is 0 Å². The molecule has 0 aromatic rings. The van der Waals surface area contributed by atoms with Crippen molar-refractivity contribution < 1.29 is 49.6 Å². The molecule has 6 N–H and O–H groups in total. The fourth-order valence-electron chi connectivity index (χ4n) is 2.96. The minimum Gasteiger partial charge on any atom is -0.394 e. The predicted molar refractivity (Wildman–Crippen MR) is 76.6 cm³/mol. The number of hydrogen-bond acceptors (Lipinski definition) is 10. The number of aliphatic hydroxyl groups is 6. The number of hydrogen-bond donors (Lipinski definition) is 6. The Morgan fingerprint density at radius 2 is 1.33 bits per heavy atom. The highest BCUT2D eigenvalue weighted by Gasteiger charge is 2.49. The van der Waals surface area contributed by atoms with E-state index in [0.717, 1.165) is 0 Å². The molecule has 10 nitrogen and oxygen atoms in total. The minimum absolute atomic E-state index is 0.396. The monoisotopic (exact) mass is 354 g/mol. The first-order valence-corrected chi connectivity index (χ1v) is 7.78. The molecule has 10 heteroatoms. The fourth-order valence-corrected chi connectivity index (χ4v) is 2.96. The van der Waals surface area contributed by atoms with Gasteiger partial charge in [0.15, 0.2) is 12.6 Å². The van der Waals surface area contributed by atoms with Gasteiger partial charge >= 0.3 is 0 Å². The average Bonchev–Trinajstić information content (AvgIpc) is 2.59. The van der Waals surface area contributed by atoms with E-state index in [1.807, 2.05) is 0 Å². The molecule has 0 saturated carbocycles. The minimum atomic E-state index is -1.49. The van der Waals surface area contributed by atoms with E-state index in [1.165, 1.54) is 7.11 Å². The van der Waals surface area contributed by atoms with Crippen molar-refractivity contribution in [3.05, 3.63) is 0 Å². The van der Waals surface area contributed by atoms with Gasteiger partial charge in [-0.15, -0.1) is 0 Å². The molecule has 24 heavy (non-hydrogen) atoms. The van der Waals surface area contributed by atoms with E-state index in [-0.39, 0.29) is 0 Å². The van der Waals surface area contributed by atoms with Crippen LogP contribution in [0.3, 0.4) is 0 Å². The van der Waals surface area contributed by atoms with E-state index in [1.54, 1.807) is 6.92 Å². The van der Waals surface area contributed by atoms with Crippen LogP contribution in [0, 0.1) is 5.92 Å². The Kier molecular flexibility index (Phi) is 6.90. The second-order valence-corrected chi connectivity index (χ2v) is 6.11. The number of methoxy groups -OCH3 is 1. The molecule has 2 aliphatic heterocycles. The van der Waals surface area contributed by atoms with E-state index in [0.29, 0.717) is 0 Å². The lowest BCUT2D eigenvalue weighted by Crippen LogP contribution is -2.63. The zero-order valence-corrected chi connectivity index (χ0v) is 13.5. The van der Waals surface area contributed by atoms with Gasteiger partial charge in [0.25, 0.3) is 0 Å². The molecule has 2 aliphatic rings. The molecule has 0 amide bonds. The summed E-state index contributed by atoms with van der Waals surface area (Å²) in [5.41, 5.74) is 0. The number of ether oxygens (including phenoxy) is 4. The normalized spacial score (nSPS) is 50.0. The lowest BCUT2D eigenvalue weighted by molar-refractivity contribution is -0.353. The zero-order chi connectivity index (χ0) is 18.0. The molecule has 0 aliphatic carbocycles. The summed E-state index contributed by atoms with van der Waals surface area (Å²) >= 11 is 0. The molecule has 2 rings (SSSR count). The van der Waals surface area contributed by atoms with Crippen LogP contribution in [0.2, 0.25) is 0 Å². The largest absolute Gasteiger partial charge is 0.394 e. The van der Waals surface area contributed by atoms with Crippen molar-refractivity contribution in [2.24, 2.45) is 5.92 Å². The summed E-state index contributed by atoms with van der Waals surface area (Å²) in [4.78, 5) is 0. The third kappa shape index (κ3) is 3.73. The smallest absolute Gasteiger partial charge is 0.187 e. The molecule has 0 aromatic heterocycles. The second-order valence-electron chi connectivity index (χ2n) is 6.11. The van der Waals surface area contributed by atoms with Gasteiger partial charge in [0.2, 0.25) is 0 Å². The Balaban J connectivity index is 2.12. The quantitative estimate of drug-likeness (QED) is 0.293. The maximum absolute atomic E-state index is 10.2. The average molecular weight is 354 g/mol. The first kappa shape index (κ1) is 19.9. The Hall–Kier alpha value is -0.400. The van der Waals surface area contributed by atoms with Crippen molar-refractivity contribution in [3.8, 4) is 0 Å². The zero-order valence-electron chi connectivity index (χ0n) is 13.5. The van der Waals surface area contributed by atoms with Crippen LogP contribution in [0.4, 0.5) is 0 Å². The van der Waals surface area contributed by atoms with Gasteiger partial charge in [0, 0.05) is 13.0 Å². The van der Waals surface area contributed by atoms with Crippen molar-refractivity contribution >= 4 is 0 Å². The molecule has 0 aromatic carbocycles. The van der Waals surface area contributed by atoms with Gasteiger partial charge < -0.3 is 49.6 Å². The highest BCUT2D eigenvalue weighted by atomic mass is 16.7. The molecule has 4 unspecified atom stereocenters. The lowest BCUT2D eigenvalue weighted by atomic mass is 9.91. The Morgan fingerprint density at radius 1 is 0.792 bits per heavy atom. The van der Waals surface area contributed by atoms with Crippen LogP contribution in [0.5, 0.6) is 0 Å². The highest BCUT2D eigenvalue weighted by Crippen LogP contribution is 2.31. The van der Waals surface area contributed by atoms with E-state index in [4.69, 9.17) is 18.9 Å².